The molecule has 0 radical (unpaired) electrons. The largest absolute Gasteiger partial charge is 0.361 e. The minimum atomic E-state index is -4.46. The fraction of sp³-hybridized carbons (Fsp3) is 1.00. The second kappa shape index (κ2) is 3.58. The van der Waals surface area contributed by atoms with Crippen LogP contribution in [0.15, 0.2) is 0 Å². The summed E-state index contributed by atoms with van der Waals surface area (Å²) in [6.45, 7) is 1.13. The van der Waals surface area contributed by atoms with Crippen molar-refractivity contribution < 1.29 is 51.1 Å². The van der Waals surface area contributed by atoms with Crippen molar-refractivity contribution in [3.63, 3.8) is 0 Å². The maximum atomic E-state index is 9.46. The molecule has 0 aromatic rings. The van der Waals surface area contributed by atoms with Gasteiger partial charge in [0.1, 0.15) is 0 Å². The van der Waals surface area contributed by atoms with Crippen LogP contribution in [0.5, 0.6) is 0 Å². The van der Waals surface area contributed by atoms with Gasteiger partial charge in [0.25, 0.3) is 17.4 Å². The molecule has 0 aromatic heterocycles. The van der Waals surface area contributed by atoms with Gasteiger partial charge in [-0.15, -0.1) is 0 Å². The predicted octanol–water partition coefficient (Wildman–Crippen LogP) is -5.57. The summed E-state index contributed by atoms with van der Waals surface area (Å²) in [6.07, 6.45) is -0.582. The van der Waals surface area contributed by atoms with Crippen LogP contribution >= 0.6 is 0 Å². The summed E-state index contributed by atoms with van der Waals surface area (Å²) in [4.78, 5) is 0. The monoisotopic (exact) mass is 272 g/mol. The fourth-order valence-electron chi connectivity index (χ4n) is 2.09. The van der Waals surface area contributed by atoms with E-state index in [0.29, 0.717) is 0 Å². The SMILES string of the molecule is CCC1C(O)(O)C(O)(O)C(O)(O)C(O)(O)C1(O)O. The van der Waals surface area contributed by atoms with E-state index in [1.54, 1.807) is 0 Å². The van der Waals surface area contributed by atoms with Crippen molar-refractivity contribution in [2.24, 2.45) is 5.92 Å². The van der Waals surface area contributed by atoms with E-state index in [1.165, 1.54) is 0 Å². The first-order valence-corrected chi connectivity index (χ1v) is 4.93. The van der Waals surface area contributed by atoms with E-state index in [9.17, 15) is 51.1 Å². The summed E-state index contributed by atoms with van der Waals surface area (Å²) < 4.78 is 0. The number of hydrogen-bond donors (Lipinski definition) is 10. The summed E-state index contributed by atoms with van der Waals surface area (Å²) in [5.74, 6) is -23.0. The normalized spacial score (nSPS) is 32.2. The van der Waals surface area contributed by atoms with Crippen molar-refractivity contribution in [1.82, 2.24) is 0 Å². The Balaban J connectivity index is 3.59. The van der Waals surface area contributed by atoms with Crippen LogP contribution in [0.1, 0.15) is 13.3 Å². The van der Waals surface area contributed by atoms with Gasteiger partial charge in [-0.3, -0.25) is 0 Å². The molecule has 18 heavy (non-hydrogen) atoms. The molecular weight excluding hydrogens is 256 g/mol. The zero-order valence-corrected chi connectivity index (χ0v) is 9.26. The van der Waals surface area contributed by atoms with E-state index in [4.69, 9.17) is 0 Å². The minimum absolute atomic E-state index is 0.582. The summed E-state index contributed by atoms with van der Waals surface area (Å²) in [6, 6.07) is 0. The van der Waals surface area contributed by atoms with Crippen molar-refractivity contribution in [3.8, 4) is 0 Å². The molecule has 0 heterocycles. The summed E-state index contributed by atoms with van der Waals surface area (Å²) >= 11 is 0. The van der Waals surface area contributed by atoms with Crippen molar-refractivity contribution >= 4 is 0 Å². The molecule has 1 saturated carbocycles. The van der Waals surface area contributed by atoms with Crippen LogP contribution in [0.4, 0.5) is 0 Å². The van der Waals surface area contributed by atoms with Gasteiger partial charge in [-0.1, -0.05) is 6.92 Å². The van der Waals surface area contributed by atoms with Gasteiger partial charge in [-0.05, 0) is 6.42 Å². The molecule has 0 aromatic carbocycles. The standard InChI is InChI=1S/C8H16O10/c1-2-3-4(9,10)6(13,14)8(17,18)7(15,16)5(3,11)12/h3,9-18H,2H2,1H3. The van der Waals surface area contributed by atoms with Crippen LogP contribution in [0.25, 0.3) is 0 Å². The first-order chi connectivity index (χ1) is 7.69. The lowest BCUT2D eigenvalue weighted by Crippen LogP contribution is -2.89. The Labute approximate surface area is 100 Å². The van der Waals surface area contributed by atoms with Gasteiger partial charge in [0.15, 0.2) is 0 Å². The first kappa shape index (κ1) is 15.7. The van der Waals surface area contributed by atoms with E-state index in [2.05, 4.69) is 0 Å². The Morgan fingerprint density at radius 3 is 1.11 bits per heavy atom. The van der Waals surface area contributed by atoms with Gasteiger partial charge >= 0.3 is 0 Å². The topological polar surface area (TPSA) is 202 Å². The van der Waals surface area contributed by atoms with E-state index < -0.39 is 41.3 Å². The van der Waals surface area contributed by atoms with Gasteiger partial charge in [0, 0.05) is 0 Å². The molecule has 10 N–H and O–H groups in total. The molecule has 1 aliphatic rings. The molecule has 1 aliphatic carbocycles. The maximum Gasteiger partial charge on any atom is 0.285 e. The number of hydrogen-bond acceptors (Lipinski definition) is 10. The van der Waals surface area contributed by atoms with Crippen molar-refractivity contribution in [2.45, 2.75) is 42.3 Å². The van der Waals surface area contributed by atoms with Gasteiger partial charge in [-0.25, -0.2) is 0 Å². The lowest BCUT2D eigenvalue weighted by Gasteiger charge is -2.59. The quantitative estimate of drug-likeness (QED) is 0.205. The molecule has 0 aliphatic heterocycles. The third-order valence-corrected chi connectivity index (χ3v) is 3.38. The Bertz CT molecular complexity index is 314. The molecule has 1 fully saturated rings. The number of rotatable bonds is 1. The maximum absolute atomic E-state index is 9.46. The lowest BCUT2D eigenvalue weighted by atomic mass is 9.66. The van der Waals surface area contributed by atoms with Crippen LogP contribution in [-0.4, -0.2) is 80.0 Å². The van der Waals surface area contributed by atoms with E-state index in [1.807, 2.05) is 0 Å². The second-order valence-electron chi connectivity index (χ2n) is 4.43. The highest BCUT2D eigenvalue weighted by Crippen LogP contribution is 2.52. The molecule has 0 saturated heterocycles. The highest BCUT2D eigenvalue weighted by Gasteiger charge is 2.84. The Hall–Kier alpha value is -0.400. The molecule has 0 unspecified atom stereocenters. The molecule has 0 amide bonds. The van der Waals surface area contributed by atoms with E-state index >= 15 is 0 Å². The van der Waals surface area contributed by atoms with Crippen LogP contribution in [-0.2, 0) is 0 Å². The highest BCUT2D eigenvalue weighted by molar-refractivity contribution is 5.16. The zero-order chi connectivity index (χ0) is 14.8. The van der Waals surface area contributed by atoms with Gasteiger partial charge in [-0.2, -0.15) is 0 Å². The summed E-state index contributed by atoms with van der Waals surface area (Å²) in [5, 5.41) is 93.5. The number of aliphatic hydroxyl groups is 10. The summed E-state index contributed by atoms with van der Waals surface area (Å²) in [7, 11) is 0. The third kappa shape index (κ3) is 1.35. The molecule has 10 nitrogen and oxygen atoms in total. The first-order valence-electron chi connectivity index (χ1n) is 4.93. The van der Waals surface area contributed by atoms with Crippen molar-refractivity contribution in [2.75, 3.05) is 0 Å². The molecule has 0 atom stereocenters. The Morgan fingerprint density at radius 2 is 0.889 bits per heavy atom. The molecule has 1 rings (SSSR count). The Kier molecular flexibility index (Phi) is 3.11. The highest BCUT2D eigenvalue weighted by atomic mass is 16.7. The Morgan fingerprint density at radius 1 is 0.611 bits per heavy atom. The average molecular weight is 272 g/mol. The van der Waals surface area contributed by atoms with Crippen molar-refractivity contribution in [1.29, 1.82) is 0 Å². The van der Waals surface area contributed by atoms with Gasteiger partial charge in [0.05, 0.1) is 5.92 Å². The van der Waals surface area contributed by atoms with E-state index in [-0.39, 0.29) is 0 Å². The van der Waals surface area contributed by atoms with Crippen LogP contribution in [0.3, 0.4) is 0 Å². The minimum Gasteiger partial charge on any atom is -0.361 e. The predicted molar refractivity (Wildman–Crippen MR) is 49.6 cm³/mol. The van der Waals surface area contributed by atoms with Crippen LogP contribution in [0.2, 0.25) is 0 Å². The summed E-state index contributed by atoms with van der Waals surface area (Å²) in [5.41, 5.74) is 0. The molecule has 0 bridgehead atoms. The van der Waals surface area contributed by atoms with Gasteiger partial charge < -0.3 is 51.1 Å². The van der Waals surface area contributed by atoms with Crippen LogP contribution < -0.4 is 0 Å². The molecular formula is C8H16O10. The second-order valence-corrected chi connectivity index (χ2v) is 4.43. The van der Waals surface area contributed by atoms with E-state index in [0.717, 1.165) is 6.92 Å². The zero-order valence-electron chi connectivity index (χ0n) is 9.26. The average Bonchev–Trinajstić information content (AvgIpc) is 2.15. The van der Waals surface area contributed by atoms with Crippen LogP contribution in [0, 0.1) is 5.92 Å². The van der Waals surface area contributed by atoms with Gasteiger partial charge in [0.2, 0.25) is 11.6 Å². The molecule has 10 heteroatoms. The molecule has 108 valence electrons. The smallest absolute Gasteiger partial charge is 0.285 e. The van der Waals surface area contributed by atoms with Crippen molar-refractivity contribution in [3.05, 3.63) is 0 Å². The fourth-order valence-corrected chi connectivity index (χ4v) is 2.09. The molecule has 0 spiro atoms. The third-order valence-electron chi connectivity index (χ3n) is 3.38. The lowest BCUT2D eigenvalue weighted by molar-refractivity contribution is -0.590.